The van der Waals surface area contributed by atoms with Crippen LogP contribution in [-0.4, -0.2) is 0 Å². The minimum Gasteiger partial charge on any atom is -0.456 e. The van der Waals surface area contributed by atoms with E-state index in [1.807, 2.05) is 0 Å². The predicted octanol–water partition coefficient (Wildman–Crippen LogP) is 23.2. The van der Waals surface area contributed by atoms with Crippen LogP contribution in [0.5, 0.6) is 0 Å². The number of anilines is 6. The Morgan fingerprint density at radius 3 is 1.23 bits per heavy atom. The summed E-state index contributed by atoms with van der Waals surface area (Å²) < 4.78 is 13.4. The molecule has 1 spiro atoms. The maximum Gasteiger partial charge on any atom is 0.137 e. The van der Waals surface area contributed by atoms with Crippen molar-refractivity contribution in [2.75, 3.05) is 9.80 Å². The number of para-hydroxylation sites is 2. The number of furan rings is 2. The second-order valence-electron chi connectivity index (χ2n) is 27.7. The van der Waals surface area contributed by atoms with E-state index in [0.29, 0.717) is 11.8 Å². The standard InChI is InChI=1S/C82H70N2O2/c1-80(2,3)56-27-19-52(20-28-56)54-23-31-60(32-24-54)83(63-35-38-68-66-14-9-11-17-75(66)85-77(68)47-63)62-37-40-71-72(46-62)82(58-42-50-41-51(44-58)45-59(82)43-50)73-49-74(65-13-7-8-16-70(65)79(71)73)84(64-36-39-69-67-15-10-12-18-76(67)86-78(69)48-64)61-33-25-55(26-34-61)53-21-29-57(30-22-53)81(4,5)6/h7-40,46-51,58-59H,41-45H2,1-6H3. The van der Waals surface area contributed by atoms with Gasteiger partial charge in [-0.15, -0.1) is 0 Å². The van der Waals surface area contributed by atoms with Crippen molar-refractivity contribution in [1.29, 1.82) is 0 Å². The molecule has 0 unspecified atom stereocenters. The molecule has 13 aromatic rings. The van der Waals surface area contributed by atoms with E-state index in [4.69, 9.17) is 8.83 Å². The van der Waals surface area contributed by atoms with Gasteiger partial charge in [0.25, 0.3) is 0 Å². The topological polar surface area (TPSA) is 32.8 Å². The zero-order valence-electron chi connectivity index (χ0n) is 50.0. The van der Waals surface area contributed by atoms with Crippen LogP contribution in [0.3, 0.4) is 0 Å². The molecule has 2 heterocycles. The molecule has 4 nitrogen and oxygen atoms in total. The lowest BCUT2D eigenvalue weighted by atomic mass is 9.43. The van der Waals surface area contributed by atoms with Crippen molar-refractivity contribution >= 4 is 88.8 Å². The van der Waals surface area contributed by atoms with Crippen LogP contribution in [0.25, 0.3) is 88.0 Å². The van der Waals surface area contributed by atoms with E-state index in [1.165, 1.54) is 110 Å². The summed E-state index contributed by atoms with van der Waals surface area (Å²) in [7, 11) is 0. The molecule has 420 valence electrons. The first-order valence-corrected chi connectivity index (χ1v) is 31.4. The maximum atomic E-state index is 6.72. The second-order valence-corrected chi connectivity index (χ2v) is 27.7. The summed E-state index contributed by atoms with van der Waals surface area (Å²) in [6, 6.07) is 87.0. The normalized spacial score (nSPS) is 19.6. The SMILES string of the molecule is CC(C)(C)c1ccc(-c2ccc(N(c3ccc4c(c3)C3(c5cc(N(c6ccc(-c7ccc(C(C)(C)C)cc7)cc6)c6ccc7c(c6)oc6ccccc67)c6ccccc6c5-4)C4CC5CC(C4)CC3C5)c3ccc4c(c3)oc3ccccc34)cc2)cc1. The Kier molecular flexibility index (Phi) is 11.3. The van der Waals surface area contributed by atoms with E-state index >= 15 is 0 Å². The molecule has 0 radical (unpaired) electrons. The Bertz CT molecular complexity index is 4800. The van der Waals surface area contributed by atoms with Gasteiger partial charge < -0.3 is 18.6 Å². The van der Waals surface area contributed by atoms with Gasteiger partial charge in [-0.05, 0) is 206 Å². The van der Waals surface area contributed by atoms with Gasteiger partial charge in [0.15, 0.2) is 0 Å². The van der Waals surface area contributed by atoms with E-state index in [9.17, 15) is 0 Å². The molecule has 4 saturated carbocycles. The van der Waals surface area contributed by atoms with Crippen molar-refractivity contribution in [1.82, 2.24) is 0 Å². The molecule has 4 fully saturated rings. The Labute approximate surface area is 504 Å². The third-order valence-corrected chi connectivity index (χ3v) is 20.8. The Morgan fingerprint density at radius 1 is 0.337 bits per heavy atom. The summed E-state index contributed by atoms with van der Waals surface area (Å²) in [6.45, 7) is 13.7. The number of hydrogen-bond acceptors (Lipinski definition) is 4. The molecule has 0 aliphatic heterocycles. The molecule has 0 N–H and O–H groups in total. The van der Waals surface area contributed by atoms with Crippen molar-refractivity contribution in [3.8, 4) is 33.4 Å². The number of benzene rings is 11. The van der Waals surface area contributed by atoms with Gasteiger partial charge in [0.1, 0.15) is 22.3 Å². The predicted molar refractivity (Wildman–Crippen MR) is 359 cm³/mol. The fourth-order valence-corrected chi connectivity index (χ4v) is 16.9. The molecule has 4 bridgehead atoms. The molecule has 86 heavy (non-hydrogen) atoms. The number of fused-ring (bicyclic) bond motifs is 11. The highest BCUT2D eigenvalue weighted by Crippen LogP contribution is 2.71. The Balaban J connectivity index is 0.860. The van der Waals surface area contributed by atoms with Gasteiger partial charge >= 0.3 is 0 Å². The van der Waals surface area contributed by atoms with Gasteiger partial charge in [0.05, 0.1) is 5.69 Å². The Morgan fingerprint density at radius 2 is 0.733 bits per heavy atom. The minimum atomic E-state index is -0.179. The first kappa shape index (κ1) is 51.3. The zero-order valence-corrected chi connectivity index (χ0v) is 50.0. The van der Waals surface area contributed by atoms with Gasteiger partial charge in [-0.3, -0.25) is 0 Å². The highest BCUT2D eigenvalue weighted by molar-refractivity contribution is 6.12. The number of rotatable bonds is 8. The van der Waals surface area contributed by atoms with Crippen molar-refractivity contribution in [3.63, 3.8) is 0 Å². The van der Waals surface area contributed by atoms with Crippen LogP contribution in [0, 0.1) is 23.7 Å². The van der Waals surface area contributed by atoms with Crippen LogP contribution >= 0.6 is 0 Å². The first-order valence-electron chi connectivity index (χ1n) is 31.4. The average molecular weight is 1120 g/mol. The van der Waals surface area contributed by atoms with Gasteiger partial charge in [-0.2, -0.15) is 0 Å². The van der Waals surface area contributed by atoms with E-state index in [0.717, 1.165) is 78.5 Å². The third-order valence-electron chi connectivity index (χ3n) is 20.8. The molecule has 0 amide bonds. The molecular formula is C82H70N2O2. The van der Waals surface area contributed by atoms with Crippen molar-refractivity contribution in [2.24, 2.45) is 23.7 Å². The van der Waals surface area contributed by atoms with Crippen molar-refractivity contribution in [3.05, 3.63) is 253 Å². The van der Waals surface area contributed by atoms with Crippen molar-refractivity contribution < 1.29 is 8.83 Å². The van der Waals surface area contributed by atoms with Crippen LogP contribution in [0.4, 0.5) is 34.1 Å². The average Bonchev–Trinajstić information content (AvgIpc) is 1.57. The molecule has 18 rings (SSSR count). The summed E-state index contributed by atoms with van der Waals surface area (Å²) >= 11 is 0. The molecule has 5 aliphatic carbocycles. The van der Waals surface area contributed by atoms with Crippen LogP contribution in [-0.2, 0) is 16.2 Å². The summed E-state index contributed by atoms with van der Waals surface area (Å²) in [4.78, 5) is 5.03. The number of hydrogen-bond donors (Lipinski definition) is 0. The largest absolute Gasteiger partial charge is 0.456 e. The molecule has 11 aromatic carbocycles. The maximum absolute atomic E-state index is 6.72. The highest BCUT2D eigenvalue weighted by atomic mass is 16.3. The van der Waals surface area contributed by atoms with Crippen LogP contribution in [0.1, 0.15) is 95.9 Å². The summed E-state index contributed by atoms with van der Waals surface area (Å²) in [5.74, 6) is 2.61. The van der Waals surface area contributed by atoms with Crippen LogP contribution in [0.2, 0.25) is 0 Å². The quantitative estimate of drug-likeness (QED) is 0.152. The van der Waals surface area contributed by atoms with Gasteiger partial charge in [0, 0.05) is 72.9 Å². The van der Waals surface area contributed by atoms with Gasteiger partial charge in [-0.25, -0.2) is 0 Å². The fraction of sp³-hybridized carbons (Fsp3) is 0.220. The molecule has 5 aliphatic rings. The van der Waals surface area contributed by atoms with E-state index in [1.54, 1.807) is 0 Å². The smallest absolute Gasteiger partial charge is 0.137 e. The molecule has 2 aromatic heterocycles. The Hall–Kier alpha value is -9.12. The third kappa shape index (κ3) is 7.94. The van der Waals surface area contributed by atoms with Crippen molar-refractivity contribution in [2.45, 2.75) is 89.9 Å². The van der Waals surface area contributed by atoms with E-state index in [-0.39, 0.29) is 16.2 Å². The second kappa shape index (κ2) is 18.9. The minimum absolute atomic E-state index is 0.0848. The molecular weight excluding hydrogens is 1040 g/mol. The molecule has 0 saturated heterocycles. The van der Waals surface area contributed by atoms with Gasteiger partial charge in [-0.1, -0.05) is 181 Å². The lowest BCUT2D eigenvalue weighted by Crippen LogP contribution is -2.55. The first-order chi connectivity index (χ1) is 41.8. The zero-order chi connectivity index (χ0) is 57.8. The lowest BCUT2D eigenvalue weighted by Gasteiger charge is -2.61. The molecule has 0 atom stereocenters. The number of nitrogens with zero attached hydrogens (tertiary/aromatic N) is 2. The molecule has 4 heteroatoms. The summed E-state index contributed by atoms with van der Waals surface area (Å²) in [5, 5.41) is 7.08. The lowest BCUT2D eigenvalue weighted by molar-refractivity contribution is -0.0398. The summed E-state index contributed by atoms with van der Waals surface area (Å²) in [5.41, 5.74) is 23.7. The van der Waals surface area contributed by atoms with Gasteiger partial charge in [0.2, 0.25) is 0 Å². The summed E-state index contributed by atoms with van der Waals surface area (Å²) in [6.07, 6.45) is 6.47. The monoisotopic (exact) mass is 1110 g/mol. The van der Waals surface area contributed by atoms with E-state index in [2.05, 4.69) is 282 Å². The van der Waals surface area contributed by atoms with Crippen LogP contribution in [0.15, 0.2) is 239 Å². The van der Waals surface area contributed by atoms with Crippen LogP contribution < -0.4 is 9.80 Å². The fourth-order valence-electron chi connectivity index (χ4n) is 16.9. The highest BCUT2D eigenvalue weighted by Gasteiger charge is 2.62. The van der Waals surface area contributed by atoms with E-state index < -0.39 is 0 Å².